The molecule has 1 atom stereocenters. The Balaban J connectivity index is 1.49. The molecule has 0 aliphatic carbocycles. The van der Waals surface area contributed by atoms with Gasteiger partial charge in [-0.25, -0.2) is 0 Å². The van der Waals surface area contributed by atoms with Crippen molar-refractivity contribution < 1.29 is 19.1 Å². The minimum absolute atomic E-state index is 0.0956. The Kier molecular flexibility index (Phi) is 5.81. The zero-order valence-electron chi connectivity index (χ0n) is 15.1. The number of fused-ring (bicyclic) bond motifs is 1. The maximum Gasteiger partial charge on any atom is 0.307 e. The van der Waals surface area contributed by atoms with E-state index >= 15 is 0 Å². The summed E-state index contributed by atoms with van der Waals surface area (Å²) in [6, 6.07) is 13.1. The first-order valence-electron chi connectivity index (χ1n) is 8.51. The van der Waals surface area contributed by atoms with Crippen LogP contribution in [0.25, 0.3) is 0 Å². The summed E-state index contributed by atoms with van der Waals surface area (Å²) < 4.78 is 5.03. The molecule has 2 aromatic rings. The summed E-state index contributed by atoms with van der Waals surface area (Å²) in [6.07, 6.45) is -0.0956. The lowest BCUT2D eigenvalue weighted by molar-refractivity contribution is -0.147. The van der Waals surface area contributed by atoms with E-state index in [0.717, 1.165) is 21.7 Å². The SMILES string of the molecule is Cc1ccc(NC(=O)COC(=O)C[C@@H]2Sc3ccccc3NC2=O)c(C)c1. The summed E-state index contributed by atoms with van der Waals surface area (Å²) >= 11 is 1.32. The molecule has 0 unspecified atom stereocenters. The first-order chi connectivity index (χ1) is 12.9. The van der Waals surface area contributed by atoms with Gasteiger partial charge in [0.25, 0.3) is 5.91 Å². The van der Waals surface area contributed by atoms with Gasteiger partial charge in [-0.1, -0.05) is 29.8 Å². The number of carbonyl (C=O) groups excluding carboxylic acids is 3. The fraction of sp³-hybridized carbons (Fsp3) is 0.250. The van der Waals surface area contributed by atoms with Crippen LogP contribution in [-0.2, 0) is 19.1 Å². The van der Waals surface area contributed by atoms with E-state index < -0.39 is 17.1 Å². The van der Waals surface area contributed by atoms with Crippen LogP contribution >= 0.6 is 11.8 Å². The lowest BCUT2D eigenvalue weighted by Crippen LogP contribution is -2.32. The molecule has 0 saturated heterocycles. The van der Waals surface area contributed by atoms with E-state index in [9.17, 15) is 14.4 Å². The molecule has 0 spiro atoms. The minimum Gasteiger partial charge on any atom is -0.456 e. The number of thioether (sulfide) groups is 1. The minimum atomic E-state index is -0.585. The Hall–Kier alpha value is -2.80. The molecule has 0 radical (unpaired) electrons. The topological polar surface area (TPSA) is 84.5 Å². The highest BCUT2D eigenvalue weighted by molar-refractivity contribution is 8.01. The van der Waals surface area contributed by atoms with Crippen molar-refractivity contribution in [3.63, 3.8) is 0 Å². The maximum atomic E-state index is 12.1. The summed E-state index contributed by atoms with van der Waals surface area (Å²) in [5.74, 6) is -1.24. The van der Waals surface area contributed by atoms with Crippen LogP contribution in [0.15, 0.2) is 47.4 Å². The van der Waals surface area contributed by atoms with Crippen LogP contribution in [0.3, 0.4) is 0 Å². The monoisotopic (exact) mass is 384 g/mol. The van der Waals surface area contributed by atoms with Crippen LogP contribution in [0.2, 0.25) is 0 Å². The van der Waals surface area contributed by atoms with E-state index in [-0.39, 0.29) is 18.9 Å². The molecule has 0 saturated carbocycles. The van der Waals surface area contributed by atoms with Crippen LogP contribution < -0.4 is 10.6 Å². The van der Waals surface area contributed by atoms with Crippen molar-refractivity contribution in [2.24, 2.45) is 0 Å². The van der Waals surface area contributed by atoms with Crippen molar-refractivity contribution in [2.75, 3.05) is 17.2 Å². The summed E-state index contributed by atoms with van der Waals surface area (Å²) in [4.78, 5) is 37.1. The summed E-state index contributed by atoms with van der Waals surface area (Å²) in [6.45, 7) is 3.48. The normalized spacial score (nSPS) is 15.5. The molecular formula is C20H20N2O4S. The van der Waals surface area contributed by atoms with Gasteiger partial charge in [0.15, 0.2) is 6.61 Å². The van der Waals surface area contributed by atoms with E-state index in [1.54, 1.807) is 0 Å². The third-order valence-corrected chi connectivity index (χ3v) is 5.35. The Bertz CT molecular complexity index is 897. The van der Waals surface area contributed by atoms with E-state index in [0.29, 0.717) is 5.69 Å². The van der Waals surface area contributed by atoms with Crippen LogP contribution in [0.1, 0.15) is 17.5 Å². The van der Waals surface area contributed by atoms with Gasteiger partial charge in [-0.05, 0) is 37.6 Å². The second-order valence-corrected chi connectivity index (χ2v) is 7.57. The largest absolute Gasteiger partial charge is 0.456 e. The molecule has 1 heterocycles. The molecule has 0 fully saturated rings. The van der Waals surface area contributed by atoms with Gasteiger partial charge < -0.3 is 15.4 Å². The summed E-state index contributed by atoms with van der Waals surface area (Å²) in [7, 11) is 0. The first kappa shape index (κ1) is 19.0. The number of para-hydroxylation sites is 1. The summed E-state index contributed by atoms with van der Waals surface area (Å²) in [5.41, 5.74) is 3.45. The molecular weight excluding hydrogens is 364 g/mol. The molecule has 6 nitrogen and oxygen atoms in total. The second kappa shape index (κ2) is 8.26. The Labute approximate surface area is 161 Å². The summed E-state index contributed by atoms with van der Waals surface area (Å²) in [5, 5.41) is 4.92. The third-order valence-electron chi connectivity index (χ3n) is 4.08. The van der Waals surface area contributed by atoms with Crippen molar-refractivity contribution in [3.05, 3.63) is 53.6 Å². The van der Waals surface area contributed by atoms with Crippen LogP contribution in [0.5, 0.6) is 0 Å². The zero-order chi connectivity index (χ0) is 19.4. The lowest BCUT2D eigenvalue weighted by atomic mass is 10.1. The first-order valence-corrected chi connectivity index (χ1v) is 9.39. The maximum absolute atomic E-state index is 12.1. The van der Waals surface area contributed by atoms with Crippen LogP contribution in [0, 0.1) is 13.8 Å². The van der Waals surface area contributed by atoms with Gasteiger partial charge in [-0.3, -0.25) is 14.4 Å². The van der Waals surface area contributed by atoms with E-state index in [2.05, 4.69) is 10.6 Å². The molecule has 2 aromatic carbocycles. The van der Waals surface area contributed by atoms with Crippen molar-refractivity contribution in [3.8, 4) is 0 Å². The molecule has 2 amide bonds. The average Bonchev–Trinajstić information content (AvgIpc) is 2.63. The molecule has 3 rings (SSSR count). The fourth-order valence-corrected chi connectivity index (χ4v) is 3.82. The van der Waals surface area contributed by atoms with E-state index in [1.165, 1.54) is 11.8 Å². The molecule has 0 aromatic heterocycles. The molecule has 1 aliphatic rings. The van der Waals surface area contributed by atoms with Gasteiger partial charge in [0.2, 0.25) is 5.91 Å². The highest BCUT2D eigenvalue weighted by Gasteiger charge is 2.29. The number of aryl methyl sites for hydroxylation is 2. The molecule has 27 heavy (non-hydrogen) atoms. The Morgan fingerprint density at radius 2 is 1.96 bits per heavy atom. The number of hydrogen-bond acceptors (Lipinski definition) is 5. The number of amides is 2. The highest BCUT2D eigenvalue weighted by Crippen LogP contribution is 2.36. The van der Waals surface area contributed by atoms with Gasteiger partial charge in [0, 0.05) is 10.6 Å². The van der Waals surface area contributed by atoms with Crippen molar-refractivity contribution in [1.29, 1.82) is 0 Å². The number of esters is 1. The fourth-order valence-electron chi connectivity index (χ4n) is 2.72. The van der Waals surface area contributed by atoms with Gasteiger partial charge in [-0.2, -0.15) is 0 Å². The lowest BCUT2D eigenvalue weighted by Gasteiger charge is -2.23. The average molecular weight is 384 g/mol. The number of hydrogen-bond donors (Lipinski definition) is 2. The van der Waals surface area contributed by atoms with Crippen molar-refractivity contribution in [2.45, 2.75) is 30.4 Å². The Morgan fingerprint density at radius 3 is 2.74 bits per heavy atom. The molecule has 0 bridgehead atoms. The van der Waals surface area contributed by atoms with Crippen molar-refractivity contribution in [1.82, 2.24) is 0 Å². The predicted octanol–water partition coefficient (Wildman–Crippen LogP) is 3.29. The standard InChI is InChI=1S/C20H20N2O4S/c1-12-7-8-14(13(2)9-12)21-18(23)11-26-19(24)10-17-20(25)22-15-5-3-4-6-16(15)27-17/h3-9,17H,10-11H2,1-2H3,(H,21,23)(H,22,25)/t17-/m0/s1. The van der Waals surface area contributed by atoms with Gasteiger partial charge in [0.1, 0.15) is 0 Å². The van der Waals surface area contributed by atoms with Crippen LogP contribution in [0.4, 0.5) is 11.4 Å². The van der Waals surface area contributed by atoms with Gasteiger partial charge >= 0.3 is 5.97 Å². The third kappa shape index (κ3) is 4.89. The van der Waals surface area contributed by atoms with Gasteiger partial charge in [0.05, 0.1) is 17.4 Å². The van der Waals surface area contributed by atoms with Crippen molar-refractivity contribution >= 4 is 40.9 Å². The molecule has 1 aliphatic heterocycles. The zero-order valence-corrected chi connectivity index (χ0v) is 15.9. The number of nitrogens with one attached hydrogen (secondary N) is 2. The number of benzene rings is 2. The number of ether oxygens (including phenoxy) is 1. The highest BCUT2D eigenvalue weighted by atomic mass is 32.2. The number of anilines is 2. The smallest absolute Gasteiger partial charge is 0.307 e. The second-order valence-electron chi connectivity index (χ2n) is 6.32. The quantitative estimate of drug-likeness (QED) is 0.773. The number of rotatable bonds is 5. The number of carbonyl (C=O) groups is 3. The van der Waals surface area contributed by atoms with E-state index in [1.807, 2.05) is 56.3 Å². The van der Waals surface area contributed by atoms with Crippen LogP contribution in [-0.4, -0.2) is 29.6 Å². The molecule has 140 valence electrons. The molecule has 2 N–H and O–H groups in total. The van der Waals surface area contributed by atoms with Gasteiger partial charge in [-0.15, -0.1) is 11.8 Å². The Morgan fingerprint density at radius 1 is 1.19 bits per heavy atom. The van der Waals surface area contributed by atoms with E-state index in [4.69, 9.17) is 4.74 Å². The molecule has 7 heteroatoms. The predicted molar refractivity (Wildman–Crippen MR) is 105 cm³/mol.